The van der Waals surface area contributed by atoms with Crippen LogP contribution < -0.4 is 0 Å². The number of rotatable bonds is 3. The topological polar surface area (TPSA) is 75.5 Å². The molecule has 2 aromatic carbocycles. The minimum atomic E-state index is -3.58. The number of sulfonamides is 1. The molecule has 1 aliphatic heterocycles. The Bertz CT molecular complexity index is 1180. The molecule has 1 atom stereocenters. The molecule has 0 fully saturated rings. The lowest BCUT2D eigenvalue weighted by Gasteiger charge is -2.21. The highest BCUT2D eigenvalue weighted by molar-refractivity contribution is 7.88. The summed E-state index contributed by atoms with van der Waals surface area (Å²) in [5.74, 6) is 0. The van der Waals surface area contributed by atoms with Gasteiger partial charge in [0, 0.05) is 34.4 Å². The lowest BCUT2D eigenvalue weighted by molar-refractivity contribution is 0.375. The van der Waals surface area contributed by atoms with Crippen molar-refractivity contribution < 1.29 is 8.42 Å². The Balaban J connectivity index is 1.80. The van der Waals surface area contributed by atoms with Crippen molar-refractivity contribution in [2.24, 2.45) is 5.10 Å². The fourth-order valence-electron chi connectivity index (χ4n) is 3.11. The number of hydrogen-bond acceptors (Lipinski definition) is 5. The molecule has 4 rings (SSSR count). The molecule has 0 aliphatic carbocycles. The molecule has 0 N–H and O–H groups in total. The van der Waals surface area contributed by atoms with E-state index in [0.29, 0.717) is 33.3 Å². The minimum Gasteiger partial charge on any atom is -0.253 e. The van der Waals surface area contributed by atoms with Crippen LogP contribution in [0, 0.1) is 0 Å². The first-order valence-electron chi connectivity index (χ1n) is 8.06. The summed E-state index contributed by atoms with van der Waals surface area (Å²) >= 11 is 12.4. The van der Waals surface area contributed by atoms with Crippen molar-refractivity contribution >= 4 is 50.0 Å². The van der Waals surface area contributed by atoms with Crippen molar-refractivity contribution in [3.8, 4) is 0 Å². The Morgan fingerprint density at radius 2 is 1.78 bits per heavy atom. The zero-order valence-electron chi connectivity index (χ0n) is 14.2. The molecule has 9 heteroatoms. The van der Waals surface area contributed by atoms with E-state index < -0.39 is 16.1 Å². The molecular weight excluding hydrogens is 407 g/mol. The summed E-state index contributed by atoms with van der Waals surface area (Å²) in [7, 11) is -3.58. The lowest BCUT2D eigenvalue weighted by atomic mass is 9.98. The maximum Gasteiger partial charge on any atom is 0.247 e. The molecule has 0 saturated carbocycles. The molecular formula is C18H14Cl2N4O2S. The third kappa shape index (κ3) is 3.50. The number of aromatic nitrogens is 2. The number of fused-ring (bicyclic) bond motifs is 1. The summed E-state index contributed by atoms with van der Waals surface area (Å²) in [6.45, 7) is 0. The first kappa shape index (κ1) is 18.2. The summed E-state index contributed by atoms with van der Waals surface area (Å²) in [4.78, 5) is 8.54. The maximum absolute atomic E-state index is 12.3. The van der Waals surface area contributed by atoms with Gasteiger partial charge in [-0.05, 0) is 35.9 Å². The molecule has 2 heterocycles. The fourth-order valence-corrected chi connectivity index (χ4v) is 4.42. The average molecular weight is 421 g/mol. The molecule has 27 heavy (non-hydrogen) atoms. The standard InChI is InChI=1S/C18H14Cl2N4O2S/c1-27(25,26)24-18(11-2-5-15-17(8-11)22-7-6-21-15)10-16(23-24)13-9-12(19)3-4-14(13)20/h2-9,18H,10H2,1H3/t18-/m0/s1. The normalized spacial score (nSPS) is 17.4. The van der Waals surface area contributed by atoms with E-state index in [1.165, 1.54) is 0 Å². The highest BCUT2D eigenvalue weighted by Gasteiger charge is 2.35. The smallest absolute Gasteiger partial charge is 0.247 e. The van der Waals surface area contributed by atoms with Crippen molar-refractivity contribution in [2.45, 2.75) is 12.5 Å². The Kier molecular flexibility index (Phi) is 4.53. The quantitative estimate of drug-likeness (QED) is 0.640. The summed E-state index contributed by atoms with van der Waals surface area (Å²) in [6.07, 6.45) is 4.72. The van der Waals surface area contributed by atoms with E-state index >= 15 is 0 Å². The SMILES string of the molecule is CS(=O)(=O)N1N=C(c2cc(Cl)ccc2Cl)C[C@H]1c1ccc2nccnc2c1. The first-order chi connectivity index (χ1) is 12.8. The van der Waals surface area contributed by atoms with E-state index in [1.807, 2.05) is 18.2 Å². The third-order valence-electron chi connectivity index (χ3n) is 4.33. The Morgan fingerprint density at radius 3 is 2.52 bits per heavy atom. The summed E-state index contributed by atoms with van der Waals surface area (Å²) in [5.41, 5.74) is 3.41. The van der Waals surface area contributed by atoms with Crippen LogP contribution in [0.1, 0.15) is 23.6 Å². The molecule has 0 unspecified atom stereocenters. The van der Waals surface area contributed by atoms with Crippen molar-refractivity contribution in [1.29, 1.82) is 0 Å². The van der Waals surface area contributed by atoms with E-state index in [0.717, 1.165) is 21.8 Å². The van der Waals surface area contributed by atoms with Crippen LogP contribution in [-0.2, 0) is 10.0 Å². The summed E-state index contributed by atoms with van der Waals surface area (Å²) in [5, 5.41) is 5.33. The Labute approximate surface area is 166 Å². The van der Waals surface area contributed by atoms with Crippen LogP contribution in [0.5, 0.6) is 0 Å². The van der Waals surface area contributed by atoms with Crippen molar-refractivity contribution in [1.82, 2.24) is 14.4 Å². The van der Waals surface area contributed by atoms with Gasteiger partial charge in [0.1, 0.15) is 0 Å². The van der Waals surface area contributed by atoms with E-state index in [9.17, 15) is 8.42 Å². The zero-order valence-corrected chi connectivity index (χ0v) is 16.5. The number of nitrogens with zero attached hydrogens (tertiary/aromatic N) is 4. The van der Waals surface area contributed by atoms with E-state index in [4.69, 9.17) is 23.2 Å². The molecule has 6 nitrogen and oxygen atoms in total. The van der Waals surface area contributed by atoms with Gasteiger partial charge < -0.3 is 0 Å². The highest BCUT2D eigenvalue weighted by atomic mass is 35.5. The molecule has 138 valence electrons. The number of hydrazone groups is 1. The molecule has 1 aromatic heterocycles. The molecule has 0 spiro atoms. The summed E-state index contributed by atoms with van der Waals surface area (Å²) in [6, 6.07) is 10.1. The van der Waals surface area contributed by atoms with Crippen LogP contribution in [-0.4, -0.2) is 34.8 Å². The van der Waals surface area contributed by atoms with Crippen LogP contribution in [0.2, 0.25) is 10.0 Å². The fraction of sp³-hybridized carbons (Fsp3) is 0.167. The van der Waals surface area contributed by atoms with Gasteiger partial charge in [-0.2, -0.15) is 9.52 Å². The van der Waals surface area contributed by atoms with Gasteiger partial charge in [-0.3, -0.25) is 9.97 Å². The van der Waals surface area contributed by atoms with E-state index in [1.54, 1.807) is 30.6 Å². The molecule has 0 radical (unpaired) electrons. The van der Waals surface area contributed by atoms with Gasteiger partial charge in [-0.15, -0.1) is 0 Å². The Morgan fingerprint density at radius 1 is 1.04 bits per heavy atom. The van der Waals surface area contributed by atoms with Gasteiger partial charge >= 0.3 is 0 Å². The van der Waals surface area contributed by atoms with Crippen LogP contribution in [0.25, 0.3) is 11.0 Å². The number of halogens is 2. The molecule has 0 bridgehead atoms. The zero-order chi connectivity index (χ0) is 19.2. The maximum atomic E-state index is 12.3. The summed E-state index contributed by atoms with van der Waals surface area (Å²) < 4.78 is 25.8. The molecule has 0 saturated heterocycles. The van der Waals surface area contributed by atoms with Crippen LogP contribution in [0.4, 0.5) is 0 Å². The minimum absolute atomic E-state index is 0.374. The van der Waals surface area contributed by atoms with Crippen LogP contribution >= 0.6 is 23.2 Å². The lowest BCUT2D eigenvalue weighted by Crippen LogP contribution is -2.25. The number of hydrogen-bond donors (Lipinski definition) is 0. The predicted molar refractivity (Wildman–Crippen MR) is 107 cm³/mol. The molecule has 1 aliphatic rings. The van der Waals surface area contributed by atoms with Crippen LogP contribution in [0.3, 0.4) is 0 Å². The largest absolute Gasteiger partial charge is 0.253 e. The third-order valence-corrected chi connectivity index (χ3v) is 5.91. The van der Waals surface area contributed by atoms with Gasteiger partial charge in [0.25, 0.3) is 0 Å². The highest BCUT2D eigenvalue weighted by Crippen LogP contribution is 2.37. The van der Waals surface area contributed by atoms with Gasteiger partial charge in [-0.25, -0.2) is 8.42 Å². The van der Waals surface area contributed by atoms with Crippen molar-refractivity contribution in [3.63, 3.8) is 0 Å². The van der Waals surface area contributed by atoms with Gasteiger partial charge in [-0.1, -0.05) is 29.3 Å². The van der Waals surface area contributed by atoms with Gasteiger partial charge in [0.2, 0.25) is 10.0 Å². The second kappa shape index (κ2) is 6.74. The van der Waals surface area contributed by atoms with Gasteiger partial charge in [0.05, 0.1) is 29.0 Å². The molecule has 3 aromatic rings. The van der Waals surface area contributed by atoms with E-state index in [-0.39, 0.29) is 0 Å². The second-order valence-corrected chi connectivity index (χ2v) is 8.91. The predicted octanol–water partition coefficient (Wildman–Crippen LogP) is 4.05. The monoisotopic (exact) mass is 420 g/mol. The molecule has 0 amide bonds. The van der Waals surface area contributed by atoms with Crippen molar-refractivity contribution in [2.75, 3.05) is 6.26 Å². The van der Waals surface area contributed by atoms with Crippen LogP contribution in [0.15, 0.2) is 53.9 Å². The van der Waals surface area contributed by atoms with E-state index in [2.05, 4.69) is 15.1 Å². The van der Waals surface area contributed by atoms with Gasteiger partial charge in [0.15, 0.2) is 0 Å². The Hall–Kier alpha value is -2.22. The first-order valence-corrected chi connectivity index (χ1v) is 10.7. The number of benzene rings is 2. The van der Waals surface area contributed by atoms with Crippen molar-refractivity contribution in [3.05, 3.63) is 70.0 Å². The second-order valence-electron chi connectivity index (χ2n) is 6.23. The average Bonchev–Trinajstić information content (AvgIpc) is 3.09.